The summed E-state index contributed by atoms with van der Waals surface area (Å²) in [5, 5.41) is 11.8. The molecule has 0 aliphatic rings. The Bertz CT molecular complexity index is 680. The first-order chi connectivity index (χ1) is 9.41. The molecule has 1 atom stereocenters. The van der Waals surface area contributed by atoms with E-state index in [9.17, 15) is 14.0 Å². The van der Waals surface area contributed by atoms with Crippen LogP contribution in [0, 0.1) is 18.7 Å². The van der Waals surface area contributed by atoms with E-state index in [1.807, 2.05) is 0 Å². The van der Waals surface area contributed by atoms with Gasteiger partial charge in [0.1, 0.15) is 5.82 Å². The predicted octanol–water partition coefficient (Wildman–Crippen LogP) is 2.80. The van der Waals surface area contributed by atoms with Crippen LogP contribution in [0.5, 0.6) is 0 Å². The Kier molecular flexibility index (Phi) is 4.04. The average Bonchev–Trinajstić information content (AvgIpc) is 2.74. The summed E-state index contributed by atoms with van der Waals surface area (Å²) in [6.07, 6.45) is 0. The lowest BCUT2D eigenvalue weighted by Gasteiger charge is -2.07. The van der Waals surface area contributed by atoms with E-state index in [1.165, 1.54) is 24.3 Å². The molecule has 0 bridgehead atoms. The topological polar surface area (TPSA) is 66.4 Å². The molecule has 0 aliphatic heterocycles. The molecule has 4 nitrogen and oxygen atoms in total. The largest absolute Gasteiger partial charge is 0.481 e. The quantitative estimate of drug-likeness (QED) is 0.911. The zero-order valence-corrected chi connectivity index (χ0v) is 11.9. The number of carboxylic acids is 1. The molecule has 1 aromatic carbocycles. The van der Waals surface area contributed by atoms with Gasteiger partial charge in [0.15, 0.2) is 0 Å². The summed E-state index contributed by atoms with van der Waals surface area (Å²) < 4.78 is 14.4. The van der Waals surface area contributed by atoms with Gasteiger partial charge in [-0.2, -0.15) is 0 Å². The summed E-state index contributed by atoms with van der Waals surface area (Å²) in [5.41, 5.74) is 0.587. The van der Waals surface area contributed by atoms with Crippen LogP contribution in [0.1, 0.15) is 22.2 Å². The second kappa shape index (κ2) is 5.58. The first-order valence-electron chi connectivity index (χ1n) is 6.10. The number of benzene rings is 1. The van der Waals surface area contributed by atoms with Crippen LogP contribution in [0.15, 0.2) is 18.2 Å². The van der Waals surface area contributed by atoms with Crippen molar-refractivity contribution < 1.29 is 19.1 Å². The van der Waals surface area contributed by atoms with Crippen molar-refractivity contribution in [3.05, 3.63) is 34.5 Å². The molecular weight excluding hydrogens is 281 g/mol. The number of halogens is 1. The second-order valence-electron chi connectivity index (χ2n) is 4.62. The number of carbonyl (C=O) groups excluding carboxylic acids is 1. The minimum Gasteiger partial charge on any atom is -0.481 e. The van der Waals surface area contributed by atoms with Crippen molar-refractivity contribution in [3.8, 4) is 0 Å². The third kappa shape index (κ3) is 2.65. The van der Waals surface area contributed by atoms with E-state index >= 15 is 0 Å². The molecule has 0 spiro atoms. The summed E-state index contributed by atoms with van der Waals surface area (Å²) >= 11 is 1.21. The van der Waals surface area contributed by atoms with Crippen LogP contribution in [-0.4, -0.2) is 23.5 Å². The van der Waals surface area contributed by atoms with E-state index in [1.54, 1.807) is 19.1 Å². The van der Waals surface area contributed by atoms with Crippen LogP contribution in [0.2, 0.25) is 0 Å². The van der Waals surface area contributed by atoms with Crippen LogP contribution in [0.3, 0.4) is 0 Å². The maximum Gasteiger partial charge on any atom is 0.308 e. The molecule has 1 unspecified atom stereocenters. The Balaban J connectivity index is 2.25. The summed E-state index contributed by atoms with van der Waals surface area (Å²) in [6, 6.07) is 4.71. The summed E-state index contributed by atoms with van der Waals surface area (Å²) in [6.45, 7) is 3.25. The highest BCUT2D eigenvalue weighted by atomic mass is 32.1. The molecule has 2 rings (SSSR count). The number of fused-ring (bicyclic) bond motifs is 1. The molecule has 106 valence electrons. The molecule has 0 saturated carbocycles. The van der Waals surface area contributed by atoms with E-state index in [0.717, 1.165) is 0 Å². The number of nitrogens with one attached hydrogen (secondary N) is 1. The van der Waals surface area contributed by atoms with Crippen molar-refractivity contribution in [2.45, 2.75) is 13.8 Å². The molecule has 0 radical (unpaired) electrons. The zero-order valence-electron chi connectivity index (χ0n) is 11.1. The number of aryl methyl sites for hydroxylation is 1. The number of aliphatic carboxylic acids is 1. The van der Waals surface area contributed by atoms with Gasteiger partial charge in [-0.25, -0.2) is 4.39 Å². The van der Waals surface area contributed by atoms with Gasteiger partial charge in [0.25, 0.3) is 5.91 Å². The van der Waals surface area contributed by atoms with Gasteiger partial charge in [0.2, 0.25) is 0 Å². The van der Waals surface area contributed by atoms with Crippen LogP contribution in [0.4, 0.5) is 4.39 Å². The Morgan fingerprint density at radius 1 is 1.45 bits per heavy atom. The molecule has 0 saturated heterocycles. The third-order valence-corrected chi connectivity index (χ3v) is 4.36. The van der Waals surface area contributed by atoms with Gasteiger partial charge in [-0.15, -0.1) is 11.3 Å². The number of thiophene rings is 1. The Morgan fingerprint density at radius 3 is 2.75 bits per heavy atom. The first-order valence-corrected chi connectivity index (χ1v) is 6.92. The zero-order chi connectivity index (χ0) is 14.9. The lowest BCUT2D eigenvalue weighted by molar-refractivity contribution is -0.140. The first kappa shape index (κ1) is 14.5. The SMILES string of the molecule is Cc1c(C(=O)NCC(C)C(=O)O)sc2cccc(F)c12. The number of hydrogen-bond acceptors (Lipinski definition) is 3. The van der Waals surface area contributed by atoms with E-state index in [0.29, 0.717) is 20.5 Å². The molecule has 6 heteroatoms. The fourth-order valence-electron chi connectivity index (χ4n) is 1.88. The lowest BCUT2D eigenvalue weighted by atomic mass is 10.1. The third-order valence-electron chi connectivity index (χ3n) is 3.10. The minimum absolute atomic E-state index is 0.0460. The van der Waals surface area contributed by atoms with E-state index < -0.39 is 11.9 Å². The smallest absolute Gasteiger partial charge is 0.308 e. The van der Waals surface area contributed by atoms with Crippen LogP contribution >= 0.6 is 11.3 Å². The molecule has 0 fully saturated rings. The highest BCUT2D eigenvalue weighted by Gasteiger charge is 2.19. The molecule has 1 amide bonds. The highest BCUT2D eigenvalue weighted by Crippen LogP contribution is 2.32. The standard InChI is InChI=1S/C14H14FNO3S/c1-7(14(18)19)6-16-13(17)12-8(2)11-9(15)4-3-5-10(11)20-12/h3-5,7H,6H2,1-2H3,(H,16,17)(H,18,19). The van der Waals surface area contributed by atoms with Crippen molar-refractivity contribution in [1.29, 1.82) is 0 Å². The number of carboxylic acid groups (broad SMARTS) is 1. The molecule has 2 aromatic rings. The lowest BCUT2D eigenvalue weighted by Crippen LogP contribution is -2.31. The fraction of sp³-hybridized carbons (Fsp3) is 0.286. The highest BCUT2D eigenvalue weighted by molar-refractivity contribution is 7.21. The summed E-state index contributed by atoms with van der Waals surface area (Å²) in [4.78, 5) is 23.2. The number of hydrogen-bond donors (Lipinski definition) is 2. The molecule has 1 aromatic heterocycles. The van der Waals surface area contributed by atoms with Gasteiger partial charge in [-0.3, -0.25) is 9.59 Å². The van der Waals surface area contributed by atoms with Crippen LogP contribution < -0.4 is 5.32 Å². The minimum atomic E-state index is -0.968. The monoisotopic (exact) mass is 295 g/mol. The Labute approximate surface area is 119 Å². The van der Waals surface area contributed by atoms with Crippen molar-refractivity contribution >= 4 is 33.3 Å². The van der Waals surface area contributed by atoms with Crippen molar-refractivity contribution in [2.24, 2.45) is 5.92 Å². The van der Waals surface area contributed by atoms with Gasteiger partial charge in [0, 0.05) is 16.6 Å². The van der Waals surface area contributed by atoms with Crippen LogP contribution in [0.25, 0.3) is 10.1 Å². The molecule has 2 N–H and O–H groups in total. The Morgan fingerprint density at radius 2 is 2.15 bits per heavy atom. The normalized spacial score (nSPS) is 12.3. The van der Waals surface area contributed by atoms with Crippen molar-refractivity contribution in [2.75, 3.05) is 6.54 Å². The number of amides is 1. The maximum atomic E-state index is 13.7. The van der Waals surface area contributed by atoms with Gasteiger partial charge in [-0.05, 0) is 24.6 Å². The van der Waals surface area contributed by atoms with Gasteiger partial charge in [0.05, 0.1) is 10.8 Å². The predicted molar refractivity (Wildman–Crippen MR) is 75.7 cm³/mol. The summed E-state index contributed by atoms with van der Waals surface area (Å²) in [7, 11) is 0. The van der Waals surface area contributed by atoms with Gasteiger partial charge in [-0.1, -0.05) is 13.0 Å². The van der Waals surface area contributed by atoms with E-state index in [-0.39, 0.29) is 18.3 Å². The average molecular weight is 295 g/mol. The molecular formula is C14H14FNO3S. The number of rotatable bonds is 4. The Hall–Kier alpha value is -1.95. The van der Waals surface area contributed by atoms with E-state index in [4.69, 9.17) is 5.11 Å². The maximum absolute atomic E-state index is 13.7. The second-order valence-corrected chi connectivity index (χ2v) is 5.67. The van der Waals surface area contributed by atoms with E-state index in [2.05, 4.69) is 5.32 Å². The fourth-order valence-corrected chi connectivity index (χ4v) is 3.02. The van der Waals surface area contributed by atoms with Gasteiger partial charge >= 0.3 is 5.97 Å². The van der Waals surface area contributed by atoms with Gasteiger partial charge < -0.3 is 10.4 Å². The van der Waals surface area contributed by atoms with Crippen LogP contribution in [-0.2, 0) is 4.79 Å². The molecule has 1 heterocycles. The van der Waals surface area contributed by atoms with Crippen molar-refractivity contribution in [3.63, 3.8) is 0 Å². The molecule has 0 aliphatic carbocycles. The van der Waals surface area contributed by atoms with Crippen molar-refractivity contribution in [1.82, 2.24) is 5.32 Å². The number of carbonyl (C=O) groups is 2. The molecule has 20 heavy (non-hydrogen) atoms. The summed E-state index contributed by atoms with van der Waals surface area (Å²) in [5.74, 6) is -2.35.